The monoisotopic (exact) mass is 504 g/mol. The van der Waals surface area contributed by atoms with E-state index in [4.69, 9.17) is 0 Å². The number of hydrogen-bond acceptors (Lipinski definition) is 0. The maximum Gasteiger partial charge on any atom is 0 e. The van der Waals surface area contributed by atoms with Gasteiger partial charge in [-0.05, 0) is 0 Å². The van der Waals surface area contributed by atoms with Gasteiger partial charge in [0, 0.05) is 65.4 Å². The summed E-state index contributed by atoms with van der Waals surface area (Å²) in [4.78, 5) is 0. The van der Waals surface area contributed by atoms with Crippen LogP contribution in [0.25, 0.3) is 43.8 Å². The Hall–Kier alpha value is -1.17. The van der Waals surface area contributed by atoms with Gasteiger partial charge in [0.05, 0.1) is 0 Å². The Bertz CT molecular complexity index is 1150. The second-order valence-corrected chi connectivity index (χ2v) is 6.33. The first-order valence-corrected chi connectivity index (χ1v) is 8.63. The van der Waals surface area contributed by atoms with E-state index in [-0.39, 0.29) is 65.4 Å². The largest absolute Gasteiger partial charge is 0.377 e. The second-order valence-electron chi connectivity index (χ2n) is 6.33. The summed E-state index contributed by atoms with van der Waals surface area (Å²) in [7, 11) is 0. The molecule has 0 aromatic heterocycles. The van der Waals surface area contributed by atoms with E-state index < -0.39 is 0 Å². The summed E-state index contributed by atoms with van der Waals surface area (Å²) in [6.45, 7) is 0. The Morgan fingerprint density at radius 3 is 2.11 bits per heavy atom. The zero-order valence-electron chi connectivity index (χ0n) is 15.2. The minimum atomic E-state index is 0. The molecule has 0 unspecified atom stereocenters. The van der Waals surface area contributed by atoms with Crippen LogP contribution < -0.4 is 0 Å². The number of hydrogen-bond donors (Lipinski definition) is 0. The van der Waals surface area contributed by atoms with Crippen molar-refractivity contribution in [3.63, 3.8) is 0 Å². The first-order valence-electron chi connectivity index (χ1n) is 8.63. The van der Waals surface area contributed by atoms with E-state index in [1.54, 1.807) is 0 Å². The van der Waals surface area contributed by atoms with Gasteiger partial charge in [-0.2, -0.15) is 11.6 Å². The van der Waals surface area contributed by atoms with E-state index in [2.05, 4.69) is 72.8 Å². The van der Waals surface area contributed by atoms with Crippen molar-refractivity contribution in [3.05, 3.63) is 109 Å². The van der Waals surface area contributed by atoms with Crippen molar-refractivity contribution in [1.29, 1.82) is 0 Å². The summed E-state index contributed by atoms with van der Waals surface area (Å²) in [5, 5.41) is 4.70. The van der Waals surface area contributed by atoms with E-state index in [1.807, 2.05) is 36.4 Å². The van der Waals surface area contributed by atoms with Crippen LogP contribution in [0.2, 0.25) is 0 Å². The molecular formula is C26H14Y2-4. The smallest absolute Gasteiger partial charge is 0 e. The maximum atomic E-state index is 3.50. The van der Waals surface area contributed by atoms with Crippen LogP contribution in [0.3, 0.4) is 0 Å². The summed E-state index contributed by atoms with van der Waals surface area (Å²) in [5.74, 6) is 0. The third-order valence-electron chi connectivity index (χ3n) is 4.64. The SMILES string of the molecule is [Y].[Y].[c-]1ccc(-c2[c-]c3ccccc3cc2)[c-]c1-c1[c-]cc2ccccc2c1. The van der Waals surface area contributed by atoms with Gasteiger partial charge in [0.1, 0.15) is 0 Å². The Balaban J connectivity index is 0.00000112. The first kappa shape index (κ1) is 21.5. The van der Waals surface area contributed by atoms with Gasteiger partial charge in [-0.15, -0.1) is 40.4 Å². The number of rotatable bonds is 2. The van der Waals surface area contributed by atoms with Crippen molar-refractivity contribution in [3.8, 4) is 22.3 Å². The quantitative estimate of drug-likeness (QED) is 0.240. The molecule has 0 aliphatic carbocycles. The molecule has 0 bridgehead atoms. The number of benzene rings is 5. The molecule has 0 heterocycles. The van der Waals surface area contributed by atoms with Gasteiger partial charge >= 0.3 is 0 Å². The van der Waals surface area contributed by atoms with E-state index in [0.29, 0.717) is 0 Å². The molecular weight excluding hydrogens is 490 g/mol. The molecule has 0 aliphatic heterocycles. The van der Waals surface area contributed by atoms with Crippen LogP contribution in [0.4, 0.5) is 0 Å². The van der Waals surface area contributed by atoms with Gasteiger partial charge < -0.3 is 23.3 Å². The Kier molecular flexibility index (Phi) is 7.35. The first-order chi connectivity index (χ1) is 12.9. The summed E-state index contributed by atoms with van der Waals surface area (Å²) >= 11 is 0. The van der Waals surface area contributed by atoms with Gasteiger partial charge in [0.25, 0.3) is 0 Å². The average molecular weight is 504 g/mol. The van der Waals surface area contributed by atoms with E-state index in [1.165, 1.54) is 16.2 Å². The molecule has 5 aromatic carbocycles. The van der Waals surface area contributed by atoms with Crippen LogP contribution in [0.1, 0.15) is 0 Å². The third kappa shape index (κ3) is 4.36. The Morgan fingerprint density at radius 2 is 1.25 bits per heavy atom. The average Bonchev–Trinajstić information content (AvgIpc) is 2.73. The van der Waals surface area contributed by atoms with Crippen molar-refractivity contribution >= 4 is 21.5 Å². The standard InChI is InChI=1S/C26H14.2Y/c1-3-8-21-16-25(14-12-19(21)6-1)23-10-5-11-24(18-23)26-15-13-20-7-2-4-9-22(20)17-26;;/h1-10,12-14,17H;;/q-4;;. The maximum absolute atomic E-state index is 3.50. The molecule has 0 fully saturated rings. The van der Waals surface area contributed by atoms with Crippen LogP contribution >= 0.6 is 0 Å². The normalized spacial score (nSPS) is 10.3. The third-order valence-corrected chi connectivity index (χ3v) is 4.64. The van der Waals surface area contributed by atoms with E-state index in [0.717, 1.165) is 27.6 Å². The molecule has 5 aromatic rings. The molecule has 28 heavy (non-hydrogen) atoms. The van der Waals surface area contributed by atoms with E-state index in [9.17, 15) is 0 Å². The van der Waals surface area contributed by atoms with Crippen LogP contribution in [-0.2, 0) is 65.4 Å². The van der Waals surface area contributed by atoms with Crippen molar-refractivity contribution in [2.45, 2.75) is 0 Å². The fraction of sp³-hybridized carbons (Fsp3) is 0. The molecule has 128 valence electrons. The predicted molar refractivity (Wildman–Crippen MR) is 108 cm³/mol. The summed E-state index contributed by atoms with van der Waals surface area (Å²) in [5.41, 5.74) is 3.99. The van der Waals surface area contributed by atoms with Gasteiger partial charge in [-0.25, -0.2) is 12.1 Å². The molecule has 0 nitrogen and oxygen atoms in total. The van der Waals surface area contributed by atoms with E-state index >= 15 is 0 Å². The summed E-state index contributed by atoms with van der Waals surface area (Å²) < 4.78 is 0. The molecule has 0 spiro atoms. The molecule has 0 atom stereocenters. The minimum Gasteiger partial charge on any atom is -0.377 e. The molecule has 0 saturated carbocycles. The minimum absolute atomic E-state index is 0. The summed E-state index contributed by atoms with van der Waals surface area (Å²) in [6.07, 6.45) is 0. The van der Waals surface area contributed by atoms with Crippen molar-refractivity contribution < 1.29 is 65.4 Å². The van der Waals surface area contributed by atoms with Crippen molar-refractivity contribution in [2.24, 2.45) is 0 Å². The Morgan fingerprint density at radius 1 is 0.536 bits per heavy atom. The van der Waals surface area contributed by atoms with Crippen LogP contribution in [0.15, 0.2) is 84.9 Å². The zero-order valence-corrected chi connectivity index (χ0v) is 20.9. The fourth-order valence-corrected chi connectivity index (χ4v) is 3.27. The molecule has 2 heteroatoms. The van der Waals surface area contributed by atoms with Crippen LogP contribution in [0, 0.1) is 24.3 Å². The second kappa shape index (κ2) is 9.55. The van der Waals surface area contributed by atoms with Crippen LogP contribution in [0.5, 0.6) is 0 Å². The van der Waals surface area contributed by atoms with Gasteiger partial charge in [0.2, 0.25) is 0 Å². The fourth-order valence-electron chi connectivity index (χ4n) is 3.27. The number of fused-ring (bicyclic) bond motifs is 2. The Labute approximate surface area is 216 Å². The molecule has 0 saturated heterocycles. The topological polar surface area (TPSA) is 0 Å². The van der Waals surface area contributed by atoms with Gasteiger partial charge in [-0.3, -0.25) is 17.7 Å². The molecule has 5 rings (SSSR count). The predicted octanol–water partition coefficient (Wildman–Crippen LogP) is 6.52. The van der Waals surface area contributed by atoms with Crippen molar-refractivity contribution in [1.82, 2.24) is 0 Å². The van der Waals surface area contributed by atoms with Crippen molar-refractivity contribution in [2.75, 3.05) is 0 Å². The molecule has 0 amide bonds. The molecule has 0 aliphatic rings. The van der Waals surface area contributed by atoms with Crippen LogP contribution in [-0.4, -0.2) is 0 Å². The molecule has 2 radical (unpaired) electrons. The zero-order chi connectivity index (χ0) is 17.3. The molecule has 0 N–H and O–H groups in total. The van der Waals surface area contributed by atoms with Gasteiger partial charge in [-0.1, -0.05) is 47.9 Å². The summed E-state index contributed by atoms with van der Waals surface area (Å²) in [6, 6.07) is 42.6. The van der Waals surface area contributed by atoms with Gasteiger partial charge in [0.15, 0.2) is 0 Å².